The maximum absolute atomic E-state index is 5.71. The first-order valence-electron chi connectivity index (χ1n) is 5.42. The van der Waals surface area contributed by atoms with Gasteiger partial charge in [-0.1, -0.05) is 12.2 Å². The smallest absolute Gasteiger partial charge is 0.0902 e. The van der Waals surface area contributed by atoms with E-state index in [1.165, 1.54) is 19.3 Å². The molecular formula is C10H18N2OS. The fraction of sp³-hybridized carbons (Fsp3) is 0.900. The van der Waals surface area contributed by atoms with E-state index in [0.29, 0.717) is 17.1 Å². The van der Waals surface area contributed by atoms with E-state index >= 15 is 0 Å². The maximum Gasteiger partial charge on any atom is 0.0902 e. The van der Waals surface area contributed by atoms with Crippen molar-refractivity contribution < 1.29 is 4.74 Å². The van der Waals surface area contributed by atoms with E-state index in [1.807, 2.05) is 0 Å². The van der Waals surface area contributed by atoms with Crippen molar-refractivity contribution in [1.29, 1.82) is 0 Å². The van der Waals surface area contributed by atoms with Gasteiger partial charge in [0.1, 0.15) is 0 Å². The molecule has 0 aromatic carbocycles. The standard InChI is InChI=1S/C10H18N2OS/c11-10(14)9-4-1-5-12(9)7-8-3-2-6-13-8/h8-9H,1-7H2,(H2,11,14). The fourth-order valence-corrected chi connectivity index (χ4v) is 2.68. The van der Waals surface area contributed by atoms with Gasteiger partial charge in [0, 0.05) is 13.2 Å². The third-order valence-electron chi connectivity index (χ3n) is 3.15. The Balaban J connectivity index is 1.86. The van der Waals surface area contributed by atoms with Gasteiger partial charge < -0.3 is 10.5 Å². The first-order valence-corrected chi connectivity index (χ1v) is 5.83. The maximum atomic E-state index is 5.71. The van der Waals surface area contributed by atoms with Crippen molar-refractivity contribution >= 4 is 17.2 Å². The van der Waals surface area contributed by atoms with Crippen LogP contribution in [0.3, 0.4) is 0 Å². The summed E-state index contributed by atoms with van der Waals surface area (Å²) >= 11 is 5.07. The zero-order valence-electron chi connectivity index (χ0n) is 8.45. The van der Waals surface area contributed by atoms with Gasteiger partial charge in [-0.05, 0) is 32.2 Å². The second-order valence-corrected chi connectivity index (χ2v) is 4.66. The highest BCUT2D eigenvalue weighted by Crippen LogP contribution is 2.21. The number of thiocarbonyl (C=S) groups is 1. The van der Waals surface area contributed by atoms with Crippen LogP contribution in [0, 0.1) is 0 Å². The Hall–Kier alpha value is -0.190. The minimum atomic E-state index is 0.328. The highest BCUT2D eigenvalue weighted by molar-refractivity contribution is 7.80. The van der Waals surface area contributed by atoms with Crippen LogP contribution in [0.2, 0.25) is 0 Å². The minimum Gasteiger partial charge on any atom is -0.392 e. The lowest BCUT2D eigenvalue weighted by Crippen LogP contribution is -2.42. The summed E-state index contributed by atoms with van der Waals surface area (Å²) < 4.78 is 5.62. The van der Waals surface area contributed by atoms with E-state index in [1.54, 1.807) is 0 Å². The molecule has 0 aromatic heterocycles. The number of ether oxygens (including phenoxy) is 1. The van der Waals surface area contributed by atoms with Gasteiger partial charge in [-0.25, -0.2) is 0 Å². The number of likely N-dealkylation sites (tertiary alicyclic amines) is 1. The summed E-state index contributed by atoms with van der Waals surface area (Å²) in [6.45, 7) is 3.07. The van der Waals surface area contributed by atoms with Gasteiger partial charge in [-0.2, -0.15) is 0 Å². The van der Waals surface area contributed by atoms with E-state index in [4.69, 9.17) is 22.7 Å². The Bertz CT molecular complexity index is 216. The lowest BCUT2D eigenvalue weighted by atomic mass is 10.2. The van der Waals surface area contributed by atoms with Gasteiger partial charge >= 0.3 is 0 Å². The van der Waals surface area contributed by atoms with Crippen LogP contribution in [0.1, 0.15) is 25.7 Å². The summed E-state index contributed by atoms with van der Waals surface area (Å²) in [6.07, 6.45) is 5.16. The molecule has 80 valence electrons. The van der Waals surface area contributed by atoms with E-state index in [0.717, 1.165) is 26.1 Å². The normalized spacial score (nSPS) is 33.7. The summed E-state index contributed by atoms with van der Waals surface area (Å²) in [7, 11) is 0. The van der Waals surface area contributed by atoms with Gasteiger partial charge in [-0.15, -0.1) is 0 Å². The van der Waals surface area contributed by atoms with E-state index < -0.39 is 0 Å². The molecule has 2 heterocycles. The van der Waals surface area contributed by atoms with Gasteiger partial charge in [0.2, 0.25) is 0 Å². The fourth-order valence-electron chi connectivity index (χ4n) is 2.42. The Morgan fingerprint density at radius 3 is 2.93 bits per heavy atom. The van der Waals surface area contributed by atoms with Crippen LogP contribution in [0.25, 0.3) is 0 Å². The third kappa shape index (κ3) is 2.24. The SMILES string of the molecule is NC(=S)C1CCCN1CC1CCCO1. The molecule has 0 amide bonds. The summed E-state index contributed by atoms with van der Waals surface area (Å²) in [5.74, 6) is 0. The summed E-state index contributed by atoms with van der Waals surface area (Å²) in [4.78, 5) is 3.04. The van der Waals surface area contributed by atoms with Crippen molar-refractivity contribution in [2.75, 3.05) is 19.7 Å². The molecule has 2 aliphatic rings. The Morgan fingerprint density at radius 2 is 2.29 bits per heavy atom. The van der Waals surface area contributed by atoms with Crippen molar-refractivity contribution in [1.82, 2.24) is 4.90 Å². The highest BCUT2D eigenvalue weighted by atomic mass is 32.1. The average Bonchev–Trinajstić information content (AvgIpc) is 2.75. The average molecular weight is 214 g/mol. The molecule has 3 nitrogen and oxygen atoms in total. The van der Waals surface area contributed by atoms with Gasteiger partial charge in [0.25, 0.3) is 0 Å². The number of hydrogen-bond acceptors (Lipinski definition) is 3. The van der Waals surface area contributed by atoms with Gasteiger partial charge in [0.15, 0.2) is 0 Å². The summed E-state index contributed by atoms with van der Waals surface area (Å²) in [5, 5.41) is 0. The molecule has 2 fully saturated rings. The van der Waals surface area contributed by atoms with Crippen LogP contribution >= 0.6 is 12.2 Å². The van der Waals surface area contributed by atoms with Crippen molar-refractivity contribution in [2.24, 2.45) is 5.73 Å². The molecule has 0 spiro atoms. The lowest BCUT2D eigenvalue weighted by Gasteiger charge is -2.25. The Morgan fingerprint density at radius 1 is 1.43 bits per heavy atom. The molecule has 2 unspecified atom stereocenters. The minimum absolute atomic E-state index is 0.328. The molecule has 0 aliphatic carbocycles. The zero-order valence-corrected chi connectivity index (χ0v) is 9.26. The lowest BCUT2D eigenvalue weighted by molar-refractivity contribution is 0.0761. The quantitative estimate of drug-likeness (QED) is 0.709. The first kappa shape index (κ1) is 10.3. The molecule has 0 saturated carbocycles. The molecule has 2 atom stereocenters. The highest BCUT2D eigenvalue weighted by Gasteiger charge is 2.29. The van der Waals surface area contributed by atoms with E-state index in [-0.39, 0.29) is 0 Å². The predicted octanol–water partition coefficient (Wildman–Crippen LogP) is 0.916. The predicted molar refractivity (Wildman–Crippen MR) is 60.4 cm³/mol. The topological polar surface area (TPSA) is 38.5 Å². The van der Waals surface area contributed by atoms with Crippen LogP contribution in [-0.4, -0.2) is 41.7 Å². The van der Waals surface area contributed by atoms with Crippen molar-refractivity contribution in [3.05, 3.63) is 0 Å². The van der Waals surface area contributed by atoms with Gasteiger partial charge in [0.05, 0.1) is 17.1 Å². The van der Waals surface area contributed by atoms with Crippen molar-refractivity contribution in [2.45, 2.75) is 37.8 Å². The molecule has 2 rings (SSSR count). The molecule has 4 heteroatoms. The van der Waals surface area contributed by atoms with Crippen LogP contribution < -0.4 is 5.73 Å². The van der Waals surface area contributed by atoms with Crippen LogP contribution in [0.15, 0.2) is 0 Å². The second-order valence-electron chi connectivity index (χ2n) is 4.19. The van der Waals surface area contributed by atoms with Crippen molar-refractivity contribution in [3.63, 3.8) is 0 Å². The summed E-state index contributed by atoms with van der Waals surface area (Å²) in [5.41, 5.74) is 5.71. The van der Waals surface area contributed by atoms with E-state index in [9.17, 15) is 0 Å². The van der Waals surface area contributed by atoms with Crippen LogP contribution in [-0.2, 0) is 4.74 Å². The molecule has 2 saturated heterocycles. The molecule has 0 radical (unpaired) electrons. The molecule has 2 aliphatic heterocycles. The van der Waals surface area contributed by atoms with Crippen molar-refractivity contribution in [3.8, 4) is 0 Å². The molecule has 0 bridgehead atoms. The zero-order chi connectivity index (χ0) is 9.97. The first-order chi connectivity index (χ1) is 6.77. The Kier molecular flexibility index (Phi) is 3.36. The largest absolute Gasteiger partial charge is 0.392 e. The van der Waals surface area contributed by atoms with Crippen LogP contribution in [0.4, 0.5) is 0 Å². The van der Waals surface area contributed by atoms with E-state index in [2.05, 4.69) is 4.90 Å². The molecule has 2 N–H and O–H groups in total. The number of nitrogens with two attached hydrogens (primary N) is 1. The molecule has 0 aromatic rings. The van der Waals surface area contributed by atoms with Crippen LogP contribution in [0.5, 0.6) is 0 Å². The summed E-state index contributed by atoms with van der Waals surface area (Å²) in [6, 6.07) is 0.328. The second kappa shape index (κ2) is 4.55. The molecule has 14 heavy (non-hydrogen) atoms. The number of nitrogens with zero attached hydrogens (tertiary/aromatic N) is 1. The monoisotopic (exact) mass is 214 g/mol. The number of rotatable bonds is 3. The molecular weight excluding hydrogens is 196 g/mol. The number of hydrogen-bond donors (Lipinski definition) is 1. The Labute approximate surface area is 90.6 Å². The van der Waals surface area contributed by atoms with Gasteiger partial charge in [-0.3, -0.25) is 4.90 Å². The third-order valence-corrected chi connectivity index (χ3v) is 3.43.